The van der Waals surface area contributed by atoms with Crippen LogP contribution in [0.2, 0.25) is 0 Å². The molecule has 2 saturated heterocycles. The van der Waals surface area contributed by atoms with Crippen LogP contribution in [0.5, 0.6) is 0 Å². The number of nitrogens with zero attached hydrogens (tertiary/aromatic N) is 2. The van der Waals surface area contributed by atoms with E-state index < -0.39 is 20.9 Å². The summed E-state index contributed by atoms with van der Waals surface area (Å²) in [5.74, 6) is -0.592. The van der Waals surface area contributed by atoms with Crippen LogP contribution in [0.25, 0.3) is 11.1 Å². The average Bonchev–Trinajstić information content (AvgIpc) is 3.21. The number of amides is 1. The minimum atomic E-state index is -3.23. The Hall–Kier alpha value is -2.25. The molecule has 148 valence electrons. The molecule has 0 bridgehead atoms. The molecule has 0 unspecified atom stereocenters. The van der Waals surface area contributed by atoms with E-state index in [0.29, 0.717) is 23.2 Å². The molecule has 7 heteroatoms. The Balaban J connectivity index is 1.67. The van der Waals surface area contributed by atoms with Crippen molar-refractivity contribution >= 4 is 15.7 Å². The standard InChI is InChI=1S/C21H23FN2O3S/c1-23(2)19-13-28(26,27)20-12-24(11-17(19)20)21(25)16-9-4-3-7-14(16)15-8-5-6-10-18(15)22/h3-10,17,19-20H,11-13H2,1-2H3/t17-,19+,20-/m0/s1. The van der Waals surface area contributed by atoms with Crippen LogP contribution < -0.4 is 0 Å². The molecule has 1 amide bonds. The molecule has 0 aromatic heterocycles. The molecule has 0 saturated carbocycles. The van der Waals surface area contributed by atoms with Gasteiger partial charge in [0.2, 0.25) is 0 Å². The van der Waals surface area contributed by atoms with Crippen LogP contribution in [0.1, 0.15) is 10.4 Å². The van der Waals surface area contributed by atoms with Crippen LogP contribution in [0.4, 0.5) is 4.39 Å². The Bertz CT molecular complexity index is 1020. The summed E-state index contributed by atoms with van der Waals surface area (Å²) in [6.45, 7) is 0.596. The molecule has 28 heavy (non-hydrogen) atoms. The fourth-order valence-corrected chi connectivity index (χ4v) is 6.96. The van der Waals surface area contributed by atoms with E-state index in [2.05, 4.69) is 0 Å². The highest BCUT2D eigenvalue weighted by atomic mass is 32.2. The summed E-state index contributed by atoms with van der Waals surface area (Å²) in [7, 11) is 0.520. The predicted octanol–water partition coefficient (Wildman–Crippen LogP) is 2.29. The first-order chi connectivity index (χ1) is 13.3. The maximum Gasteiger partial charge on any atom is 0.254 e. The topological polar surface area (TPSA) is 57.7 Å². The maximum atomic E-state index is 14.3. The van der Waals surface area contributed by atoms with Crippen LogP contribution in [-0.2, 0) is 9.84 Å². The second kappa shape index (κ2) is 6.97. The summed E-state index contributed by atoms with van der Waals surface area (Å²) in [4.78, 5) is 16.8. The molecule has 0 N–H and O–H groups in total. The summed E-state index contributed by atoms with van der Waals surface area (Å²) in [6.07, 6.45) is 0. The SMILES string of the molecule is CN(C)[C@@H]1CS(=O)(=O)[C@H]2CN(C(=O)c3ccccc3-c3ccccc3F)C[C@@H]12. The van der Waals surface area contributed by atoms with Crippen molar-refractivity contribution in [2.45, 2.75) is 11.3 Å². The number of carbonyl (C=O) groups is 1. The van der Waals surface area contributed by atoms with Crippen LogP contribution in [0.3, 0.4) is 0 Å². The smallest absolute Gasteiger partial charge is 0.254 e. The summed E-state index contributed by atoms with van der Waals surface area (Å²) in [5.41, 5.74) is 1.28. The van der Waals surface area contributed by atoms with Gasteiger partial charge in [0, 0.05) is 36.2 Å². The number of benzene rings is 2. The number of carbonyl (C=O) groups excluding carboxylic acids is 1. The minimum Gasteiger partial charge on any atom is -0.337 e. The number of likely N-dealkylation sites (tertiary alicyclic amines) is 1. The first kappa shape index (κ1) is 19.1. The number of rotatable bonds is 3. The van der Waals surface area contributed by atoms with Gasteiger partial charge in [-0.25, -0.2) is 12.8 Å². The molecule has 0 aliphatic carbocycles. The van der Waals surface area contributed by atoms with Crippen molar-refractivity contribution in [2.24, 2.45) is 5.92 Å². The summed E-state index contributed by atoms with van der Waals surface area (Å²) < 4.78 is 39.5. The van der Waals surface area contributed by atoms with Crippen molar-refractivity contribution in [2.75, 3.05) is 32.9 Å². The Morgan fingerprint density at radius 1 is 1.04 bits per heavy atom. The molecule has 0 radical (unpaired) electrons. The summed E-state index contributed by atoms with van der Waals surface area (Å²) in [5, 5.41) is -0.524. The third-order valence-corrected chi connectivity index (χ3v) is 8.17. The highest BCUT2D eigenvalue weighted by Crippen LogP contribution is 2.37. The molecule has 0 spiro atoms. The lowest BCUT2D eigenvalue weighted by molar-refractivity contribution is 0.0780. The molecule has 2 aliphatic rings. The molecular formula is C21H23FN2O3S. The molecule has 2 aromatic rings. The van der Waals surface area contributed by atoms with Crippen LogP contribution in [-0.4, -0.2) is 68.4 Å². The van der Waals surface area contributed by atoms with E-state index in [4.69, 9.17) is 0 Å². The quantitative estimate of drug-likeness (QED) is 0.791. The summed E-state index contributed by atoms with van der Waals surface area (Å²) >= 11 is 0. The van der Waals surface area contributed by atoms with Crippen LogP contribution in [0, 0.1) is 11.7 Å². The van der Waals surface area contributed by atoms with E-state index in [1.165, 1.54) is 6.07 Å². The monoisotopic (exact) mass is 402 g/mol. The third kappa shape index (κ3) is 3.12. The molecule has 2 aromatic carbocycles. The molecule has 2 heterocycles. The molecule has 2 fully saturated rings. The van der Waals surface area contributed by atoms with Gasteiger partial charge in [-0.05, 0) is 31.8 Å². The van der Waals surface area contributed by atoms with Crippen molar-refractivity contribution in [1.29, 1.82) is 0 Å². The van der Waals surface area contributed by atoms with Gasteiger partial charge < -0.3 is 9.80 Å². The Morgan fingerprint density at radius 3 is 2.36 bits per heavy atom. The fraction of sp³-hybridized carbons (Fsp3) is 0.381. The molecule has 2 aliphatic heterocycles. The molecule has 3 atom stereocenters. The van der Waals surface area contributed by atoms with Gasteiger partial charge in [-0.1, -0.05) is 36.4 Å². The molecule has 4 rings (SSSR count). The zero-order valence-corrected chi connectivity index (χ0v) is 16.7. The van der Waals surface area contributed by atoms with Gasteiger partial charge in [-0.2, -0.15) is 0 Å². The maximum absolute atomic E-state index is 14.3. The largest absolute Gasteiger partial charge is 0.337 e. The lowest BCUT2D eigenvalue weighted by atomic mass is 9.98. The second-order valence-corrected chi connectivity index (χ2v) is 10.1. The van der Waals surface area contributed by atoms with Crippen LogP contribution >= 0.6 is 0 Å². The highest BCUT2D eigenvalue weighted by molar-refractivity contribution is 7.92. The van der Waals surface area contributed by atoms with Gasteiger partial charge in [0.25, 0.3) is 5.91 Å². The van der Waals surface area contributed by atoms with Gasteiger partial charge in [0.05, 0.1) is 11.0 Å². The van der Waals surface area contributed by atoms with Crippen molar-refractivity contribution in [3.8, 4) is 11.1 Å². The Kier molecular flexibility index (Phi) is 4.75. The van der Waals surface area contributed by atoms with E-state index in [1.54, 1.807) is 47.4 Å². The van der Waals surface area contributed by atoms with Crippen molar-refractivity contribution in [3.63, 3.8) is 0 Å². The minimum absolute atomic E-state index is 0.0883. The predicted molar refractivity (Wildman–Crippen MR) is 106 cm³/mol. The van der Waals surface area contributed by atoms with Crippen molar-refractivity contribution < 1.29 is 17.6 Å². The molecule has 5 nitrogen and oxygen atoms in total. The van der Waals surface area contributed by atoms with Crippen molar-refractivity contribution in [1.82, 2.24) is 9.80 Å². The number of hydrogen-bond acceptors (Lipinski definition) is 4. The highest BCUT2D eigenvalue weighted by Gasteiger charge is 2.53. The van der Waals surface area contributed by atoms with Gasteiger partial charge in [-0.15, -0.1) is 0 Å². The number of hydrogen-bond donors (Lipinski definition) is 0. The fourth-order valence-electron chi connectivity index (χ4n) is 4.49. The van der Waals surface area contributed by atoms with E-state index in [-0.39, 0.29) is 30.2 Å². The van der Waals surface area contributed by atoms with Crippen LogP contribution in [0.15, 0.2) is 48.5 Å². The van der Waals surface area contributed by atoms with Gasteiger partial charge in [0.1, 0.15) is 5.82 Å². The van der Waals surface area contributed by atoms with E-state index in [0.717, 1.165) is 0 Å². The normalized spacial score (nSPS) is 25.9. The second-order valence-electron chi connectivity index (χ2n) is 7.80. The number of halogens is 1. The van der Waals surface area contributed by atoms with Gasteiger partial charge >= 0.3 is 0 Å². The zero-order valence-electron chi connectivity index (χ0n) is 15.9. The summed E-state index contributed by atoms with van der Waals surface area (Å²) in [6, 6.07) is 13.2. The third-order valence-electron chi connectivity index (χ3n) is 5.94. The number of sulfone groups is 1. The molecular weight excluding hydrogens is 379 g/mol. The zero-order chi connectivity index (χ0) is 20.1. The van der Waals surface area contributed by atoms with Gasteiger partial charge in [-0.3, -0.25) is 4.79 Å². The Labute approximate surface area is 164 Å². The van der Waals surface area contributed by atoms with Crippen molar-refractivity contribution in [3.05, 3.63) is 59.9 Å². The first-order valence-corrected chi connectivity index (χ1v) is 11.0. The van der Waals surface area contributed by atoms with E-state index in [1.807, 2.05) is 19.0 Å². The number of fused-ring (bicyclic) bond motifs is 1. The Morgan fingerprint density at radius 2 is 1.68 bits per heavy atom. The lowest BCUT2D eigenvalue weighted by Gasteiger charge is -2.25. The first-order valence-electron chi connectivity index (χ1n) is 9.31. The van der Waals surface area contributed by atoms with E-state index in [9.17, 15) is 17.6 Å². The van der Waals surface area contributed by atoms with E-state index >= 15 is 0 Å². The average molecular weight is 402 g/mol. The van der Waals surface area contributed by atoms with Gasteiger partial charge in [0.15, 0.2) is 9.84 Å². The lowest BCUT2D eigenvalue weighted by Crippen LogP contribution is -2.38.